The Kier molecular flexibility index (Phi) is 5.29. The zero-order valence-corrected chi connectivity index (χ0v) is 15.6. The zero-order valence-electron chi connectivity index (χ0n) is 13.9. The van der Waals surface area contributed by atoms with Crippen LogP contribution in [0.15, 0.2) is 46.8 Å². The molecule has 2 heterocycles. The van der Waals surface area contributed by atoms with Gasteiger partial charge in [0.1, 0.15) is 21.5 Å². The lowest BCUT2D eigenvalue weighted by atomic mass is 10.2. The number of aryl methyl sites for hydroxylation is 1. The number of aromatic nitrogens is 2. The van der Waals surface area contributed by atoms with Gasteiger partial charge in [-0.1, -0.05) is 23.5 Å². The van der Waals surface area contributed by atoms with E-state index in [-0.39, 0.29) is 26.3 Å². The number of nitrogens with one attached hydrogen (secondary N) is 1. The van der Waals surface area contributed by atoms with Crippen LogP contribution in [0.2, 0.25) is 0 Å². The molecule has 10 heteroatoms. The first kappa shape index (κ1) is 19.1. The average Bonchev–Trinajstić information content (AvgIpc) is 2.99. The molecular formula is C17H13F2N3O3S2. The fraction of sp³-hybridized carbons (Fsp3) is 0.118. The lowest BCUT2D eigenvalue weighted by Crippen LogP contribution is -2.13. The number of sulfone groups is 1. The predicted octanol–water partition coefficient (Wildman–Crippen LogP) is 3.35. The van der Waals surface area contributed by atoms with E-state index >= 15 is 0 Å². The Morgan fingerprint density at radius 2 is 2.00 bits per heavy atom. The van der Waals surface area contributed by atoms with E-state index in [0.717, 1.165) is 23.5 Å². The van der Waals surface area contributed by atoms with Gasteiger partial charge in [0, 0.05) is 17.8 Å². The minimum Gasteiger partial charge on any atom is -0.296 e. The SMILES string of the molecule is Cc1nc(NC(=O)c2ccccn2)sc1S(=O)(=O)Cc1ccc(F)cc1F. The van der Waals surface area contributed by atoms with E-state index in [9.17, 15) is 22.0 Å². The number of nitrogens with zero attached hydrogens (tertiary/aromatic N) is 2. The molecule has 0 spiro atoms. The highest BCUT2D eigenvalue weighted by Crippen LogP contribution is 2.30. The topological polar surface area (TPSA) is 89.0 Å². The summed E-state index contributed by atoms with van der Waals surface area (Å²) in [5.74, 6) is -2.90. The third-order valence-electron chi connectivity index (χ3n) is 3.52. The van der Waals surface area contributed by atoms with Crippen LogP contribution >= 0.6 is 11.3 Å². The maximum absolute atomic E-state index is 13.8. The number of thiazole rings is 1. The van der Waals surface area contributed by atoms with E-state index < -0.39 is 33.1 Å². The molecule has 0 unspecified atom stereocenters. The van der Waals surface area contributed by atoms with E-state index in [1.165, 1.54) is 19.2 Å². The van der Waals surface area contributed by atoms with Crippen LogP contribution in [-0.2, 0) is 15.6 Å². The number of hydrogen-bond donors (Lipinski definition) is 1. The molecule has 0 radical (unpaired) electrons. The number of anilines is 1. The molecule has 0 saturated carbocycles. The normalized spacial score (nSPS) is 11.4. The van der Waals surface area contributed by atoms with Gasteiger partial charge in [0.2, 0.25) is 0 Å². The van der Waals surface area contributed by atoms with Crippen LogP contribution in [-0.4, -0.2) is 24.3 Å². The highest BCUT2D eigenvalue weighted by molar-refractivity contribution is 7.92. The standard InChI is InChI=1S/C17H13F2N3O3S2/c1-10-16(27(24,25)9-11-5-6-12(18)8-13(11)19)26-17(21-10)22-15(23)14-4-2-3-7-20-14/h2-8H,9H2,1H3,(H,21,22,23). The Labute approximate surface area is 157 Å². The Bertz CT molecular complexity index is 1100. The van der Waals surface area contributed by atoms with Crippen molar-refractivity contribution in [3.8, 4) is 0 Å². The van der Waals surface area contributed by atoms with Crippen molar-refractivity contribution >= 4 is 32.2 Å². The van der Waals surface area contributed by atoms with Gasteiger partial charge in [0.15, 0.2) is 15.0 Å². The van der Waals surface area contributed by atoms with Gasteiger partial charge < -0.3 is 0 Å². The van der Waals surface area contributed by atoms with E-state index in [0.29, 0.717) is 6.07 Å². The number of carbonyl (C=O) groups is 1. The first-order chi connectivity index (χ1) is 12.8. The van der Waals surface area contributed by atoms with Gasteiger partial charge in [-0.05, 0) is 25.1 Å². The molecule has 0 atom stereocenters. The molecule has 0 aliphatic carbocycles. The fourth-order valence-corrected chi connectivity index (χ4v) is 5.18. The molecule has 6 nitrogen and oxygen atoms in total. The second-order valence-corrected chi connectivity index (χ2v) is 8.74. The van der Waals surface area contributed by atoms with Crippen molar-refractivity contribution in [1.29, 1.82) is 0 Å². The minimum atomic E-state index is -3.93. The smallest absolute Gasteiger partial charge is 0.276 e. The van der Waals surface area contributed by atoms with Gasteiger partial charge >= 0.3 is 0 Å². The van der Waals surface area contributed by atoms with Gasteiger partial charge in [0.05, 0.1) is 11.4 Å². The second kappa shape index (κ2) is 7.49. The summed E-state index contributed by atoms with van der Waals surface area (Å²) >= 11 is 0.762. The van der Waals surface area contributed by atoms with Crippen molar-refractivity contribution in [3.05, 3.63) is 71.2 Å². The van der Waals surface area contributed by atoms with E-state index in [4.69, 9.17) is 0 Å². The molecule has 1 aromatic carbocycles. The molecular weight excluding hydrogens is 396 g/mol. The molecule has 0 fully saturated rings. The highest BCUT2D eigenvalue weighted by Gasteiger charge is 2.25. The number of halogens is 2. The first-order valence-electron chi connectivity index (χ1n) is 7.63. The minimum absolute atomic E-state index is 0.0845. The van der Waals surface area contributed by atoms with Crippen LogP contribution in [0, 0.1) is 18.6 Å². The van der Waals surface area contributed by atoms with Crippen molar-refractivity contribution in [2.75, 3.05) is 5.32 Å². The Morgan fingerprint density at radius 3 is 2.67 bits per heavy atom. The molecule has 1 N–H and O–H groups in total. The maximum Gasteiger partial charge on any atom is 0.276 e. The van der Waals surface area contributed by atoms with E-state index in [1.54, 1.807) is 12.1 Å². The number of hydrogen-bond acceptors (Lipinski definition) is 6. The van der Waals surface area contributed by atoms with Crippen LogP contribution < -0.4 is 5.32 Å². The Hall–Kier alpha value is -2.72. The lowest BCUT2D eigenvalue weighted by molar-refractivity contribution is 0.102. The van der Waals surface area contributed by atoms with Crippen LogP contribution in [0.1, 0.15) is 21.7 Å². The highest BCUT2D eigenvalue weighted by atomic mass is 32.2. The van der Waals surface area contributed by atoms with Gasteiger partial charge in [-0.15, -0.1) is 0 Å². The van der Waals surface area contributed by atoms with Gasteiger partial charge in [-0.3, -0.25) is 15.1 Å². The number of amides is 1. The number of carbonyl (C=O) groups excluding carboxylic acids is 1. The summed E-state index contributed by atoms with van der Waals surface area (Å²) in [6.07, 6.45) is 1.45. The fourth-order valence-electron chi connectivity index (χ4n) is 2.29. The third-order valence-corrected chi connectivity index (χ3v) is 6.95. The predicted molar refractivity (Wildman–Crippen MR) is 96.3 cm³/mol. The molecule has 3 rings (SSSR count). The summed E-state index contributed by atoms with van der Waals surface area (Å²) < 4.78 is 51.9. The maximum atomic E-state index is 13.8. The largest absolute Gasteiger partial charge is 0.296 e. The molecule has 0 aliphatic heterocycles. The monoisotopic (exact) mass is 409 g/mol. The summed E-state index contributed by atoms with van der Waals surface area (Å²) in [4.78, 5) is 20.1. The Morgan fingerprint density at radius 1 is 1.22 bits per heavy atom. The van der Waals surface area contributed by atoms with Crippen molar-refractivity contribution in [1.82, 2.24) is 9.97 Å². The van der Waals surface area contributed by atoms with Crippen LogP contribution in [0.5, 0.6) is 0 Å². The molecule has 0 saturated heterocycles. The summed E-state index contributed by atoms with van der Waals surface area (Å²) in [6, 6.07) is 7.51. The molecule has 2 aromatic heterocycles. The summed E-state index contributed by atoms with van der Waals surface area (Å²) in [7, 11) is -3.93. The van der Waals surface area contributed by atoms with E-state index in [2.05, 4.69) is 15.3 Å². The van der Waals surface area contributed by atoms with Crippen molar-refractivity contribution < 1.29 is 22.0 Å². The van der Waals surface area contributed by atoms with Crippen LogP contribution in [0.4, 0.5) is 13.9 Å². The van der Waals surface area contributed by atoms with Gasteiger partial charge in [0.25, 0.3) is 5.91 Å². The van der Waals surface area contributed by atoms with Crippen LogP contribution in [0.3, 0.4) is 0 Å². The molecule has 0 bridgehead atoms. The van der Waals surface area contributed by atoms with Crippen molar-refractivity contribution in [2.45, 2.75) is 16.9 Å². The lowest BCUT2D eigenvalue weighted by Gasteiger charge is -2.04. The zero-order chi connectivity index (χ0) is 19.6. The molecule has 140 valence electrons. The molecule has 27 heavy (non-hydrogen) atoms. The molecule has 3 aromatic rings. The summed E-state index contributed by atoms with van der Waals surface area (Å²) in [5.41, 5.74) is 0.185. The molecule has 1 amide bonds. The van der Waals surface area contributed by atoms with Crippen molar-refractivity contribution in [3.63, 3.8) is 0 Å². The summed E-state index contributed by atoms with van der Waals surface area (Å²) in [5, 5.41) is 2.58. The first-order valence-corrected chi connectivity index (χ1v) is 10.1. The molecule has 0 aliphatic rings. The Balaban J connectivity index is 1.83. The van der Waals surface area contributed by atoms with Crippen molar-refractivity contribution in [2.24, 2.45) is 0 Å². The second-order valence-electron chi connectivity index (χ2n) is 5.56. The number of rotatable bonds is 5. The van der Waals surface area contributed by atoms with Gasteiger partial charge in [-0.25, -0.2) is 22.2 Å². The number of benzene rings is 1. The van der Waals surface area contributed by atoms with E-state index in [1.807, 2.05) is 0 Å². The summed E-state index contributed by atoms with van der Waals surface area (Å²) in [6.45, 7) is 1.47. The van der Waals surface area contributed by atoms with Crippen LogP contribution in [0.25, 0.3) is 0 Å². The quantitative estimate of drug-likeness (QED) is 0.698. The average molecular weight is 409 g/mol. The van der Waals surface area contributed by atoms with Gasteiger partial charge in [-0.2, -0.15) is 0 Å². The third kappa shape index (κ3) is 4.34. The number of pyridine rings is 1.